The highest BCUT2D eigenvalue weighted by atomic mass is 16.6. The van der Waals surface area contributed by atoms with Crippen molar-refractivity contribution in [1.29, 1.82) is 0 Å². The van der Waals surface area contributed by atoms with Gasteiger partial charge in [0.1, 0.15) is 36.5 Å². The van der Waals surface area contributed by atoms with Crippen LogP contribution in [-0.2, 0) is 22.5 Å². The van der Waals surface area contributed by atoms with Crippen LogP contribution in [0.25, 0.3) is 0 Å². The molecule has 2 aromatic carbocycles. The third-order valence-corrected chi connectivity index (χ3v) is 5.30. The summed E-state index contributed by atoms with van der Waals surface area (Å²) in [6, 6.07) is 17.8. The van der Waals surface area contributed by atoms with Gasteiger partial charge in [-0.2, -0.15) is 0 Å². The molecule has 0 aliphatic carbocycles. The Kier molecular flexibility index (Phi) is 6.86. The van der Waals surface area contributed by atoms with Gasteiger partial charge in [-0.3, -0.25) is 0 Å². The fourth-order valence-electron chi connectivity index (χ4n) is 3.52. The van der Waals surface area contributed by atoms with Gasteiger partial charge in [-0.05, 0) is 49.0 Å². The maximum atomic E-state index is 7.64. The number of benzene rings is 2. The van der Waals surface area contributed by atoms with Gasteiger partial charge in [0.15, 0.2) is 0 Å². The predicted molar refractivity (Wildman–Crippen MR) is 134 cm³/mol. The van der Waals surface area contributed by atoms with Crippen molar-refractivity contribution in [1.82, 2.24) is 4.98 Å². The van der Waals surface area contributed by atoms with Gasteiger partial charge in [-0.1, -0.05) is 43.2 Å². The average Bonchev–Trinajstić information content (AvgIpc) is 2.95. The van der Waals surface area contributed by atoms with Crippen molar-refractivity contribution in [2.45, 2.75) is 32.9 Å². The second kappa shape index (κ2) is 12.8. The summed E-state index contributed by atoms with van der Waals surface area (Å²) in [5, 5.41) is 0. The number of nitrogens with zero attached hydrogens (tertiary/aromatic N) is 1. The molecule has 6 heteroatoms. The normalized spacial score (nSPS) is 18.0. The van der Waals surface area contributed by atoms with E-state index in [1.54, 1.807) is 18.2 Å². The van der Waals surface area contributed by atoms with Crippen molar-refractivity contribution < 1.29 is 30.5 Å². The molecule has 6 nitrogen and oxygen atoms in total. The van der Waals surface area contributed by atoms with E-state index in [2.05, 4.69) is 16.8 Å². The molecule has 1 aliphatic heterocycles. The van der Waals surface area contributed by atoms with E-state index >= 15 is 0 Å². The maximum absolute atomic E-state index is 7.64. The summed E-state index contributed by atoms with van der Waals surface area (Å²) >= 11 is 0. The minimum absolute atomic E-state index is 0.0833. The number of hydrogen-bond acceptors (Lipinski definition) is 6. The standard InChI is InChI=1S/C29H31NO5/c1-3-26-27(15-12-22-10-13-24(14-11-22)32-4-2)30-29(35-21-25-20-31-16-17-33-25)18-28(26)34-19-23-8-6-5-7-9-23/h5-11,13-14,18,25H,3-4,16-17,19-21H2,1-2H3/i2D3,4D2. The summed E-state index contributed by atoms with van der Waals surface area (Å²) in [7, 11) is 0. The summed E-state index contributed by atoms with van der Waals surface area (Å²) < 4.78 is 65.5. The first-order valence-corrected chi connectivity index (χ1v) is 11.5. The highest BCUT2D eigenvalue weighted by Gasteiger charge is 2.17. The first-order chi connectivity index (χ1) is 19.1. The molecule has 1 saturated heterocycles. The Bertz CT molecular complexity index is 1310. The van der Waals surface area contributed by atoms with Gasteiger partial charge in [0.05, 0.1) is 29.1 Å². The molecule has 4 rings (SSSR count). The van der Waals surface area contributed by atoms with Crippen LogP contribution in [-0.4, -0.2) is 44.1 Å². The van der Waals surface area contributed by atoms with Crippen LogP contribution < -0.4 is 14.2 Å². The van der Waals surface area contributed by atoms with Gasteiger partial charge in [-0.15, -0.1) is 0 Å². The van der Waals surface area contributed by atoms with Gasteiger partial charge in [-0.25, -0.2) is 4.98 Å². The van der Waals surface area contributed by atoms with Crippen molar-refractivity contribution >= 4 is 0 Å². The Hall–Kier alpha value is -3.53. The fraction of sp³-hybridized carbons (Fsp3) is 0.345. The summed E-state index contributed by atoms with van der Waals surface area (Å²) in [5.41, 5.74) is 2.97. The molecular formula is C29H31NO5. The first kappa shape index (κ1) is 18.8. The van der Waals surface area contributed by atoms with E-state index in [4.69, 9.17) is 30.5 Å². The largest absolute Gasteiger partial charge is 0.494 e. The monoisotopic (exact) mass is 478 g/mol. The van der Waals surface area contributed by atoms with E-state index in [0.29, 0.717) is 55.7 Å². The predicted octanol–water partition coefficient (Wildman–Crippen LogP) is 4.82. The molecule has 182 valence electrons. The van der Waals surface area contributed by atoms with Gasteiger partial charge >= 0.3 is 0 Å². The van der Waals surface area contributed by atoms with Crippen LogP contribution in [0.5, 0.6) is 17.4 Å². The van der Waals surface area contributed by atoms with E-state index in [1.165, 1.54) is 12.1 Å². The smallest absolute Gasteiger partial charge is 0.218 e. The molecule has 1 aromatic heterocycles. The van der Waals surface area contributed by atoms with Crippen LogP contribution in [0.2, 0.25) is 0 Å². The molecule has 1 atom stereocenters. The lowest BCUT2D eigenvalue weighted by Gasteiger charge is -2.23. The third-order valence-electron chi connectivity index (χ3n) is 5.30. The third kappa shape index (κ3) is 7.22. The Morgan fingerprint density at radius 2 is 1.91 bits per heavy atom. The lowest BCUT2D eigenvalue weighted by molar-refractivity contribution is -0.102. The minimum atomic E-state index is -2.92. The molecule has 0 amide bonds. The molecule has 3 aromatic rings. The summed E-state index contributed by atoms with van der Waals surface area (Å²) in [5.74, 6) is 7.23. The van der Waals surface area contributed by atoms with Crippen LogP contribution in [0.1, 0.15) is 43.0 Å². The molecule has 35 heavy (non-hydrogen) atoms. The molecule has 0 bridgehead atoms. The van der Waals surface area contributed by atoms with Crippen LogP contribution in [0, 0.1) is 11.8 Å². The first-order valence-electron chi connectivity index (χ1n) is 14.0. The van der Waals surface area contributed by atoms with Crippen LogP contribution in [0.4, 0.5) is 0 Å². The topological polar surface area (TPSA) is 59.0 Å². The number of rotatable bonds is 9. The summed E-state index contributed by atoms with van der Waals surface area (Å²) in [6.07, 6.45) is 0.430. The van der Waals surface area contributed by atoms with Crippen molar-refractivity contribution in [2.75, 3.05) is 33.0 Å². The lowest BCUT2D eigenvalue weighted by atomic mass is 10.1. The highest BCUT2D eigenvalue weighted by molar-refractivity contribution is 5.50. The van der Waals surface area contributed by atoms with E-state index < -0.39 is 13.4 Å². The zero-order valence-corrected chi connectivity index (χ0v) is 19.6. The number of aromatic nitrogens is 1. The molecule has 0 saturated carbocycles. The van der Waals surface area contributed by atoms with Crippen molar-refractivity contribution in [3.8, 4) is 29.2 Å². The number of hydrogen-bond donors (Lipinski definition) is 0. The Morgan fingerprint density at radius 1 is 1.06 bits per heavy atom. The second-order valence-electron chi connectivity index (χ2n) is 7.77. The van der Waals surface area contributed by atoms with E-state index in [-0.39, 0.29) is 18.5 Å². The molecule has 1 fully saturated rings. The quantitative estimate of drug-likeness (QED) is 0.411. The van der Waals surface area contributed by atoms with E-state index in [0.717, 1.165) is 11.1 Å². The zero-order valence-electron chi connectivity index (χ0n) is 24.6. The fourth-order valence-corrected chi connectivity index (χ4v) is 3.52. The lowest BCUT2D eigenvalue weighted by Crippen LogP contribution is -2.33. The van der Waals surface area contributed by atoms with Crippen LogP contribution in [0.3, 0.4) is 0 Å². The number of ether oxygens (including phenoxy) is 5. The van der Waals surface area contributed by atoms with E-state index in [9.17, 15) is 0 Å². The Morgan fingerprint density at radius 3 is 2.66 bits per heavy atom. The van der Waals surface area contributed by atoms with Crippen molar-refractivity contribution in [3.05, 3.63) is 83.0 Å². The average molecular weight is 479 g/mol. The molecular weight excluding hydrogens is 442 g/mol. The molecule has 0 radical (unpaired) electrons. The van der Waals surface area contributed by atoms with Crippen molar-refractivity contribution in [2.24, 2.45) is 0 Å². The minimum Gasteiger partial charge on any atom is -0.494 e. The van der Waals surface area contributed by atoms with Crippen LogP contribution in [0.15, 0.2) is 60.7 Å². The molecule has 2 heterocycles. The number of pyridine rings is 1. The maximum Gasteiger partial charge on any atom is 0.218 e. The summed E-state index contributed by atoms with van der Waals surface area (Å²) in [6.45, 7) is -1.56. The SMILES string of the molecule is [2H]C([2H])([2H])C([2H])([2H])Oc1ccc(C#Cc2nc(OCC3COCCO3)cc(OCc3ccccc3)c2CC)cc1. The van der Waals surface area contributed by atoms with Crippen LogP contribution >= 0.6 is 0 Å². The van der Waals surface area contributed by atoms with Gasteiger partial charge in [0.25, 0.3) is 0 Å². The zero-order chi connectivity index (χ0) is 28.6. The molecule has 1 aliphatic rings. The van der Waals surface area contributed by atoms with Gasteiger partial charge < -0.3 is 23.7 Å². The highest BCUT2D eigenvalue weighted by Crippen LogP contribution is 2.28. The molecule has 1 unspecified atom stereocenters. The molecule has 0 N–H and O–H groups in total. The Balaban J connectivity index is 1.57. The second-order valence-corrected chi connectivity index (χ2v) is 7.77. The summed E-state index contributed by atoms with van der Waals surface area (Å²) in [4.78, 5) is 4.64. The van der Waals surface area contributed by atoms with Gasteiger partial charge in [0.2, 0.25) is 5.88 Å². The molecule has 0 spiro atoms. The van der Waals surface area contributed by atoms with Gasteiger partial charge in [0, 0.05) is 21.3 Å². The Labute approximate surface area is 214 Å². The van der Waals surface area contributed by atoms with E-state index in [1.807, 2.05) is 37.3 Å². The van der Waals surface area contributed by atoms with Crippen molar-refractivity contribution in [3.63, 3.8) is 0 Å².